The maximum Gasteiger partial charge on any atom is 0.178 e. The molecule has 86 valence electrons. The number of hydrogen-bond donors (Lipinski definition) is 2. The van der Waals surface area contributed by atoms with Crippen LogP contribution in [0, 0.1) is 5.92 Å². The van der Waals surface area contributed by atoms with Gasteiger partial charge >= 0.3 is 0 Å². The summed E-state index contributed by atoms with van der Waals surface area (Å²) in [6, 6.07) is 0. The Morgan fingerprint density at radius 1 is 1.06 bits per heavy atom. The van der Waals surface area contributed by atoms with Crippen LogP contribution in [0.1, 0.15) is 19.8 Å². The third-order valence-corrected chi connectivity index (χ3v) is 4.16. The van der Waals surface area contributed by atoms with Gasteiger partial charge in [0.25, 0.3) is 0 Å². The quantitative estimate of drug-likeness (QED) is 0.544. The van der Waals surface area contributed by atoms with Gasteiger partial charge in [0, 0.05) is 21.6 Å². The molecule has 2 atom stereocenters. The fraction of sp³-hybridized carbons (Fsp3) is 0.545. The van der Waals surface area contributed by atoms with E-state index in [0.717, 1.165) is 12.8 Å². The molecule has 2 aliphatic carbocycles. The summed E-state index contributed by atoms with van der Waals surface area (Å²) in [5.41, 5.74) is 0.861. The van der Waals surface area contributed by atoms with Crippen molar-refractivity contribution in [1.82, 2.24) is 0 Å². The summed E-state index contributed by atoms with van der Waals surface area (Å²) in [5.74, 6) is -2.21. The lowest BCUT2D eigenvalue weighted by Crippen LogP contribution is -2.26. The minimum Gasteiger partial charge on any atom is -0.299 e. The Kier molecular flexibility index (Phi) is 3.01. The summed E-state index contributed by atoms with van der Waals surface area (Å²) in [6.45, 7) is 1.28. The van der Waals surface area contributed by atoms with E-state index in [-0.39, 0.29) is 27.8 Å². The molecule has 0 aromatic rings. The molecule has 0 aromatic carbocycles. The van der Waals surface area contributed by atoms with Crippen molar-refractivity contribution < 1.29 is 14.4 Å². The van der Waals surface area contributed by atoms with Gasteiger partial charge in [-0.1, -0.05) is 0 Å². The largest absolute Gasteiger partial charge is 0.299 e. The molecular formula is C11H12O3S2. The number of hydrogen-bond acceptors (Lipinski definition) is 5. The molecule has 0 heterocycles. The summed E-state index contributed by atoms with van der Waals surface area (Å²) in [5, 5.41) is -0.446. The van der Waals surface area contributed by atoms with E-state index < -0.39 is 5.92 Å². The van der Waals surface area contributed by atoms with Crippen LogP contribution < -0.4 is 0 Å². The summed E-state index contributed by atoms with van der Waals surface area (Å²) in [7, 11) is 0. The van der Waals surface area contributed by atoms with Crippen molar-refractivity contribution in [2.24, 2.45) is 5.92 Å². The fourth-order valence-corrected chi connectivity index (χ4v) is 3.19. The van der Waals surface area contributed by atoms with E-state index >= 15 is 0 Å². The first-order valence-electron chi connectivity index (χ1n) is 5.14. The lowest BCUT2D eigenvalue weighted by molar-refractivity contribution is -0.134. The number of rotatable bonds is 1. The van der Waals surface area contributed by atoms with E-state index in [1.54, 1.807) is 0 Å². The topological polar surface area (TPSA) is 51.2 Å². The average molecular weight is 256 g/mol. The van der Waals surface area contributed by atoms with Crippen LogP contribution >= 0.6 is 25.3 Å². The molecule has 2 rings (SSSR count). The van der Waals surface area contributed by atoms with Crippen molar-refractivity contribution in [1.29, 1.82) is 0 Å². The molecule has 0 aromatic heterocycles. The molecule has 0 N–H and O–H groups in total. The molecule has 2 unspecified atom stereocenters. The van der Waals surface area contributed by atoms with Crippen LogP contribution in [0.5, 0.6) is 0 Å². The van der Waals surface area contributed by atoms with Gasteiger partial charge < -0.3 is 0 Å². The number of carbonyl (C=O) groups is 3. The van der Waals surface area contributed by atoms with E-state index in [1.807, 2.05) is 0 Å². The zero-order valence-corrected chi connectivity index (χ0v) is 10.6. The van der Waals surface area contributed by atoms with Gasteiger partial charge in [-0.2, -0.15) is 25.3 Å². The molecule has 2 aliphatic rings. The van der Waals surface area contributed by atoms with Crippen LogP contribution in [-0.2, 0) is 14.4 Å². The van der Waals surface area contributed by atoms with E-state index in [0.29, 0.717) is 11.1 Å². The van der Waals surface area contributed by atoms with Gasteiger partial charge in [-0.3, -0.25) is 14.4 Å². The predicted octanol–water partition coefficient (Wildman–Crippen LogP) is 1.03. The molecule has 0 saturated heterocycles. The number of thiol groups is 2. The highest BCUT2D eigenvalue weighted by atomic mass is 32.1. The summed E-state index contributed by atoms with van der Waals surface area (Å²) < 4.78 is 0. The van der Waals surface area contributed by atoms with Crippen molar-refractivity contribution in [2.45, 2.75) is 30.3 Å². The lowest BCUT2D eigenvalue weighted by atomic mass is 9.92. The molecule has 0 bridgehead atoms. The summed E-state index contributed by atoms with van der Waals surface area (Å²) in [4.78, 5) is 35.2. The molecule has 0 amide bonds. The van der Waals surface area contributed by atoms with Crippen molar-refractivity contribution in [2.75, 3.05) is 0 Å². The second kappa shape index (κ2) is 4.04. The standard InChI is InChI=1S/C11H12O3S2/c1-4(12)7-10(13)8-5(15)2-3-6(16)9(8)11(7)14/h5-7,15-16H,2-3H2,1H3. The highest BCUT2D eigenvalue weighted by molar-refractivity contribution is 7.81. The average Bonchev–Trinajstić information content (AvgIpc) is 2.46. The maximum absolute atomic E-state index is 12.0. The Morgan fingerprint density at radius 3 is 1.75 bits per heavy atom. The Hall–Kier alpha value is -0.550. The third kappa shape index (κ3) is 1.57. The van der Waals surface area contributed by atoms with Gasteiger partial charge in [0.1, 0.15) is 11.7 Å². The van der Waals surface area contributed by atoms with Crippen LogP contribution in [0.2, 0.25) is 0 Å². The Morgan fingerprint density at radius 2 is 1.44 bits per heavy atom. The zero-order chi connectivity index (χ0) is 12.0. The van der Waals surface area contributed by atoms with E-state index in [9.17, 15) is 14.4 Å². The van der Waals surface area contributed by atoms with E-state index in [4.69, 9.17) is 0 Å². The van der Waals surface area contributed by atoms with Crippen molar-refractivity contribution >= 4 is 42.6 Å². The Labute approximate surface area is 104 Å². The van der Waals surface area contributed by atoms with Crippen LogP contribution in [0.15, 0.2) is 11.1 Å². The first kappa shape index (κ1) is 11.9. The van der Waals surface area contributed by atoms with Crippen LogP contribution in [0.3, 0.4) is 0 Å². The van der Waals surface area contributed by atoms with Gasteiger partial charge in [-0.25, -0.2) is 0 Å². The second-order valence-corrected chi connectivity index (χ2v) is 5.46. The normalized spacial score (nSPS) is 34.3. The predicted molar refractivity (Wildman–Crippen MR) is 66.0 cm³/mol. The maximum atomic E-state index is 12.0. The first-order valence-corrected chi connectivity index (χ1v) is 6.17. The molecular weight excluding hydrogens is 244 g/mol. The van der Waals surface area contributed by atoms with Crippen molar-refractivity contribution in [3.63, 3.8) is 0 Å². The first-order chi connectivity index (χ1) is 7.45. The minimum atomic E-state index is -1.12. The molecule has 0 fully saturated rings. The minimum absolute atomic E-state index is 0.223. The van der Waals surface area contributed by atoms with Crippen LogP contribution in [0.25, 0.3) is 0 Å². The summed E-state index contributed by atoms with van der Waals surface area (Å²) >= 11 is 8.62. The molecule has 3 nitrogen and oxygen atoms in total. The van der Waals surface area contributed by atoms with E-state index in [1.165, 1.54) is 6.92 Å². The van der Waals surface area contributed by atoms with Crippen molar-refractivity contribution in [3.05, 3.63) is 11.1 Å². The highest BCUT2D eigenvalue weighted by Crippen LogP contribution is 2.40. The molecule has 16 heavy (non-hydrogen) atoms. The Bertz CT molecular complexity index is 393. The smallest absolute Gasteiger partial charge is 0.178 e. The molecule has 0 aliphatic heterocycles. The monoisotopic (exact) mass is 256 g/mol. The number of carbonyl (C=O) groups excluding carboxylic acids is 3. The van der Waals surface area contributed by atoms with Gasteiger partial charge in [0.15, 0.2) is 11.6 Å². The molecule has 0 saturated carbocycles. The van der Waals surface area contributed by atoms with Crippen LogP contribution in [0.4, 0.5) is 0 Å². The second-order valence-electron chi connectivity index (χ2n) is 4.21. The molecule has 5 heteroatoms. The lowest BCUT2D eigenvalue weighted by Gasteiger charge is -2.23. The SMILES string of the molecule is CC(=O)C1C(=O)C2=C(C1=O)C(S)CCC2S. The number of ketones is 3. The molecule has 0 spiro atoms. The van der Waals surface area contributed by atoms with Crippen LogP contribution in [-0.4, -0.2) is 27.8 Å². The highest BCUT2D eigenvalue weighted by Gasteiger charge is 2.48. The third-order valence-electron chi connectivity index (χ3n) is 3.13. The fourth-order valence-electron chi connectivity index (χ4n) is 2.36. The van der Waals surface area contributed by atoms with Crippen molar-refractivity contribution in [3.8, 4) is 0 Å². The van der Waals surface area contributed by atoms with Gasteiger partial charge in [0.05, 0.1) is 0 Å². The molecule has 0 radical (unpaired) electrons. The van der Waals surface area contributed by atoms with Gasteiger partial charge in [0.2, 0.25) is 0 Å². The van der Waals surface area contributed by atoms with Gasteiger partial charge in [-0.15, -0.1) is 0 Å². The number of Topliss-reactive ketones (excluding diaryl/α,β-unsaturated/α-hetero) is 3. The zero-order valence-electron chi connectivity index (χ0n) is 8.77. The Balaban J connectivity index is 2.50. The summed E-state index contributed by atoms with van der Waals surface area (Å²) in [6.07, 6.45) is 1.44. The van der Waals surface area contributed by atoms with Gasteiger partial charge in [-0.05, 0) is 19.8 Å². The van der Waals surface area contributed by atoms with E-state index in [2.05, 4.69) is 25.3 Å².